The summed E-state index contributed by atoms with van der Waals surface area (Å²) in [6, 6.07) is 11.1. The van der Waals surface area contributed by atoms with Gasteiger partial charge in [-0.05, 0) is 27.6 Å². The number of nitrogens with zero attached hydrogens (tertiary/aromatic N) is 2. The second-order valence-corrected chi connectivity index (χ2v) is 7.06. The first kappa shape index (κ1) is 17.2. The van der Waals surface area contributed by atoms with Crippen molar-refractivity contribution >= 4 is 44.8 Å². The summed E-state index contributed by atoms with van der Waals surface area (Å²) in [4.78, 5) is 33.1. The number of rotatable bonds is 5. The number of ketones is 1. The van der Waals surface area contributed by atoms with E-state index in [0.29, 0.717) is 15.9 Å². The lowest BCUT2D eigenvalue weighted by molar-refractivity contribution is 0.0954. The number of hydrogen-bond donors (Lipinski definition) is 2. The molecule has 1 aromatic carbocycles. The predicted octanol–water partition coefficient (Wildman–Crippen LogP) is 3.04. The van der Waals surface area contributed by atoms with Gasteiger partial charge in [0.1, 0.15) is 10.7 Å². The number of halogens is 1. The maximum Gasteiger partial charge on any atom is 0.263 e. The average Bonchev–Trinajstić information content (AvgIpc) is 3.12. The zero-order valence-electron chi connectivity index (χ0n) is 12.9. The molecule has 0 aliphatic carbocycles. The highest BCUT2D eigenvalue weighted by molar-refractivity contribution is 9.10. The number of amides is 1. The molecule has 0 bridgehead atoms. The molecular weight excluding hydrogens is 404 g/mol. The molecular formula is C17H13BrN4O2S. The van der Waals surface area contributed by atoms with Gasteiger partial charge in [0.25, 0.3) is 5.91 Å². The molecule has 0 fully saturated rings. The van der Waals surface area contributed by atoms with Crippen molar-refractivity contribution in [2.75, 3.05) is 5.73 Å². The van der Waals surface area contributed by atoms with Gasteiger partial charge >= 0.3 is 0 Å². The molecule has 3 aromatic rings. The number of nitrogens with two attached hydrogens (primary N) is 1. The summed E-state index contributed by atoms with van der Waals surface area (Å²) in [7, 11) is 0. The van der Waals surface area contributed by atoms with Gasteiger partial charge in [0.2, 0.25) is 5.78 Å². The van der Waals surface area contributed by atoms with Crippen molar-refractivity contribution in [2.45, 2.75) is 6.54 Å². The fraction of sp³-hybridized carbons (Fsp3) is 0.0588. The van der Waals surface area contributed by atoms with Gasteiger partial charge < -0.3 is 11.1 Å². The second-order valence-electron chi connectivity index (χ2n) is 5.11. The first-order valence-electron chi connectivity index (χ1n) is 7.28. The van der Waals surface area contributed by atoms with Crippen LogP contribution in [0.15, 0.2) is 53.3 Å². The maximum atomic E-state index is 12.5. The van der Waals surface area contributed by atoms with Crippen LogP contribution in [-0.4, -0.2) is 21.7 Å². The van der Waals surface area contributed by atoms with E-state index in [1.165, 1.54) is 12.4 Å². The fourth-order valence-corrected chi connectivity index (χ4v) is 3.21. The van der Waals surface area contributed by atoms with Crippen LogP contribution in [0.2, 0.25) is 0 Å². The molecule has 8 heteroatoms. The Bertz CT molecular complexity index is 927. The van der Waals surface area contributed by atoms with E-state index in [9.17, 15) is 9.59 Å². The van der Waals surface area contributed by atoms with E-state index < -0.39 is 0 Å². The van der Waals surface area contributed by atoms with Crippen molar-refractivity contribution in [3.63, 3.8) is 0 Å². The quantitative estimate of drug-likeness (QED) is 0.622. The zero-order valence-corrected chi connectivity index (χ0v) is 15.3. The van der Waals surface area contributed by atoms with Crippen molar-refractivity contribution < 1.29 is 9.59 Å². The number of hydrogen-bond acceptors (Lipinski definition) is 6. The third kappa shape index (κ3) is 4.09. The highest BCUT2D eigenvalue weighted by Crippen LogP contribution is 2.22. The van der Waals surface area contributed by atoms with E-state index in [4.69, 9.17) is 5.73 Å². The summed E-state index contributed by atoms with van der Waals surface area (Å²) in [5.74, 6) is -0.516. The minimum Gasteiger partial charge on any atom is -0.383 e. The molecule has 25 heavy (non-hydrogen) atoms. The molecule has 126 valence electrons. The van der Waals surface area contributed by atoms with Crippen molar-refractivity contribution in [3.8, 4) is 0 Å². The third-order valence-electron chi connectivity index (χ3n) is 3.35. The Balaban J connectivity index is 1.72. The summed E-state index contributed by atoms with van der Waals surface area (Å²) < 4.78 is 0.641. The number of nitrogens with one attached hydrogen (secondary N) is 1. The zero-order chi connectivity index (χ0) is 17.8. The number of anilines is 1. The minimum atomic E-state index is -0.363. The Morgan fingerprint density at radius 1 is 1.16 bits per heavy atom. The van der Waals surface area contributed by atoms with E-state index in [2.05, 4.69) is 31.2 Å². The molecule has 0 saturated carbocycles. The number of nitrogen functional groups attached to an aromatic ring is 1. The molecule has 0 atom stereocenters. The fourth-order valence-electron chi connectivity index (χ4n) is 2.10. The Hall–Kier alpha value is -2.58. The Morgan fingerprint density at radius 3 is 2.68 bits per heavy atom. The van der Waals surface area contributed by atoms with Crippen LogP contribution in [0.4, 0.5) is 5.82 Å². The molecule has 0 aliphatic heterocycles. The first-order chi connectivity index (χ1) is 12.0. The number of benzene rings is 1. The molecule has 6 nitrogen and oxygen atoms in total. The molecule has 2 heterocycles. The Kier molecular flexibility index (Phi) is 5.20. The second kappa shape index (κ2) is 7.54. The molecule has 3 N–H and O–H groups in total. The predicted molar refractivity (Wildman–Crippen MR) is 99.5 cm³/mol. The normalized spacial score (nSPS) is 10.4. The summed E-state index contributed by atoms with van der Waals surface area (Å²) in [6.07, 6.45) is 2.90. The standard InChI is InChI=1S/C17H13BrN4O2S/c18-11-6-12(15(19)20-8-11)14(23)17-22-9-13(25-17)16(24)21-7-10-4-2-1-3-5-10/h1-6,8-9H,7H2,(H2,19,20)(H,21,24). The molecule has 0 radical (unpaired) electrons. The maximum absolute atomic E-state index is 12.5. The van der Waals surface area contributed by atoms with E-state index in [-0.39, 0.29) is 28.1 Å². The third-order valence-corrected chi connectivity index (χ3v) is 4.78. The lowest BCUT2D eigenvalue weighted by Crippen LogP contribution is -2.21. The highest BCUT2D eigenvalue weighted by Gasteiger charge is 2.19. The van der Waals surface area contributed by atoms with Gasteiger partial charge in [0, 0.05) is 17.2 Å². The Labute approximate surface area is 156 Å². The van der Waals surface area contributed by atoms with Gasteiger partial charge in [-0.15, -0.1) is 11.3 Å². The van der Waals surface area contributed by atoms with E-state index >= 15 is 0 Å². The molecule has 0 saturated heterocycles. The van der Waals surface area contributed by atoms with Crippen LogP contribution in [-0.2, 0) is 6.54 Å². The van der Waals surface area contributed by atoms with Crippen LogP contribution in [0.5, 0.6) is 0 Å². The van der Waals surface area contributed by atoms with Crippen LogP contribution in [0, 0.1) is 0 Å². The topological polar surface area (TPSA) is 98.0 Å². The smallest absolute Gasteiger partial charge is 0.263 e. The average molecular weight is 417 g/mol. The van der Waals surface area contributed by atoms with Crippen molar-refractivity contribution in [1.82, 2.24) is 15.3 Å². The number of thiazole rings is 1. The minimum absolute atomic E-state index is 0.124. The number of carbonyl (C=O) groups is 2. The van der Waals surface area contributed by atoms with Crippen molar-refractivity contribution in [1.29, 1.82) is 0 Å². The van der Waals surface area contributed by atoms with Gasteiger partial charge in [-0.2, -0.15) is 0 Å². The van der Waals surface area contributed by atoms with Crippen LogP contribution in [0.1, 0.15) is 30.6 Å². The van der Waals surface area contributed by atoms with Crippen LogP contribution in [0.25, 0.3) is 0 Å². The summed E-state index contributed by atoms with van der Waals surface area (Å²) in [5.41, 5.74) is 6.99. The molecule has 1 amide bonds. The van der Waals surface area contributed by atoms with Gasteiger partial charge in [-0.1, -0.05) is 30.3 Å². The molecule has 0 aliphatic rings. The van der Waals surface area contributed by atoms with Gasteiger partial charge in [-0.25, -0.2) is 9.97 Å². The first-order valence-corrected chi connectivity index (χ1v) is 8.89. The van der Waals surface area contributed by atoms with Gasteiger partial charge in [0.05, 0.1) is 11.8 Å². The lowest BCUT2D eigenvalue weighted by atomic mass is 10.2. The van der Waals surface area contributed by atoms with Crippen molar-refractivity contribution in [3.05, 3.63) is 74.3 Å². The van der Waals surface area contributed by atoms with E-state index in [1.54, 1.807) is 6.07 Å². The number of pyridine rings is 1. The highest BCUT2D eigenvalue weighted by atomic mass is 79.9. The van der Waals surface area contributed by atoms with E-state index in [1.807, 2.05) is 30.3 Å². The van der Waals surface area contributed by atoms with Crippen LogP contribution < -0.4 is 11.1 Å². The van der Waals surface area contributed by atoms with Crippen LogP contribution >= 0.6 is 27.3 Å². The molecule has 2 aromatic heterocycles. The van der Waals surface area contributed by atoms with E-state index in [0.717, 1.165) is 16.9 Å². The molecule has 0 spiro atoms. The lowest BCUT2D eigenvalue weighted by Gasteiger charge is -2.03. The van der Waals surface area contributed by atoms with Crippen molar-refractivity contribution in [2.24, 2.45) is 0 Å². The largest absolute Gasteiger partial charge is 0.383 e. The summed E-state index contributed by atoms with van der Waals surface area (Å²) in [5, 5.41) is 2.99. The summed E-state index contributed by atoms with van der Waals surface area (Å²) in [6.45, 7) is 0.406. The SMILES string of the molecule is Nc1ncc(Br)cc1C(=O)c1ncc(C(=O)NCc2ccccc2)s1. The van der Waals surface area contributed by atoms with Gasteiger partial charge in [0.15, 0.2) is 5.01 Å². The monoisotopic (exact) mass is 416 g/mol. The van der Waals surface area contributed by atoms with Gasteiger partial charge in [-0.3, -0.25) is 9.59 Å². The summed E-state index contributed by atoms with van der Waals surface area (Å²) >= 11 is 4.28. The van der Waals surface area contributed by atoms with Crippen LogP contribution in [0.3, 0.4) is 0 Å². The molecule has 0 unspecified atom stereocenters. The number of carbonyl (C=O) groups excluding carboxylic acids is 2. The Morgan fingerprint density at radius 2 is 1.92 bits per heavy atom. The molecule has 3 rings (SSSR count). The number of aromatic nitrogens is 2.